The lowest BCUT2D eigenvalue weighted by Gasteiger charge is -2.12. The summed E-state index contributed by atoms with van der Waals surface area (Å²) in [5.41, 5.74) is 0.920. The molecule has 1 atom stereocenters. The Morgan fingerprint density at radius 3 is 2.80 bits per heavy atom. The molecule has 0 saturated heterocycles. The Morgan fingerprint density at radius 1 is 1.53 bits per heavy atom. The van der Waals surface area contributed by atoms with Crippen LogP contribution in [0.25, 0.3) is 0 Å². The first-order valence-electron chi connectivity index (χ1n) is 4.49. The van der Waals surface area contributed by atoms with Crippen molar-refractivity contribution in [1.82, 2.24) is 20.3 Å². The Kier molecular flexibility index (Phi) is 2.75. The highest BCUT2D eigenvalue weighted by atomic mass is 35.5. The molecule has 2 aromatic heterocycles. The summed E-state index contributed by atoms with van der Waals surface area (Å²) in [6, 6.07) is 3.46. The van der Waals surface area contributed by atoms with E-state index >= 15 is 0 Å². The van der Waals surface area contributed by atoms with Crippen molar-refractivity contribution in [2.24, 2.45) is 7.05 Å². The average Bonchev–Trinajstić information content (AvgIpc) is 2.79. The van der Waals surface area contributed by atoms with Crippen molar-refractivity contribution in [3.63, 3.8) is 0 Å². The Hall–Kier alpha value is -1.33. The van der Waals surface area contributed by atoms with Gasteiger partial charge in [0.2, 0.25) is 0 Å². The second kappa shape index (κ2) is 4.04. The summed E-state index contributed by atoms with van der Waals surface area (Å²) in [6.45, 7) is 0. The number of nitrogens with one attached hydrogen (secondary N) is 1. The Morgan fingerprint density at radius 2 is 2.33 bits per heavy atom. The maximum atomic E-state index is 5.73. The van der Waals surface area contributed by atoms with Gasteiger partial charge in [-0.1, -0.05) is 5.21 Å². The molecule has 2 heterocycles. The van der Waals surface area contributed by atoms with Gasteiger partial charge in [0.25, 0.3) is 0 Å². The van der Waals surface area contributed by atoms with E-state index < -0.39 is 0 Å². The number of hydrogen-bond acceptors (Lipinski definition) is 4. The maximum Gasteiger partial charge on any atom is 0.193 e. The summed E-state index contributed by atoms with van der Waals surface area (Å²) >= 11 is 5.73. The van der Waals surface area contributed by atoms with Crippen LogP contribution < -0.4 is 5.32 Å². The molecule has 0 bridgehead atoms. The summed E-state index contributed by atoms with van der Waals surface area (Å²) in [5.74, 6) is 0.743. The van der Waals surface area contributed by atoms with Crippen molar-refractivity contribution >= 4 is 11.6 Å². The SMILES string of the molecule is CNC(c1ccc(Cl)o1)c1cnnn1C. The largest absolute Gasteiger partial charge is 0.448 e. The third kappa shape index (κ3) is 1.88. The highest BCUT2D eigenvalue weighted by Gasteiger charge is 2.19. The lowest BCUT2D eigenvalue weighted by molar-refractivity contribution is 0.450. The average molecular weight is 227 g/mol. The molecule has 0 aliphatic rings. The van der Waals surface area contributed by atoms with Crippen molar-refractivity contribution in [2.45, 2.75) is 6.04 Å². The summed E-state index contributed by atoms with van der Waals surface area (Å²) in [5, 5.41) is 11.2. The molecule has 5 nitrogen and oxygen atoms in total. The zero-order chi connectivity index (χ0) is 10.8. The van der Waals surface area contributed by atoms with E-state index in [2.05, 4.69) is 15.6 Å². The smallest absolute Gasteiger partial charge is 0.193 e. The molecule has 6 heteroatoms. The minimum Gasteiger partial charge on any atom is -0.448 e. The van der Waals surface area contributed by atoms with Gasteiger partial charge in [-0.2, -0.15) is 0 Å². The molecular weight excluding hydrogens is 216 g/mol. The molecule has 1 unspecified atom stereocenters. The number of halogens is 1. The van der Waals surface area contributed by atoms with E-state index in [1.54, 1.807) is 16.9 Å². The van der Waals surface area contributed by atoms with Gasteiger partial charge in [0.1, 0.15) is 11.8 Å². The first-order chi connectivity index (χ1) is 7.22. The number of aromatic nitrogens is 3. The third-order valence-corrected chi connectivity index (χ3v) is 2.42. The molecule has 0 amide bonds. The van der Waals surface area contributed by atoms with Crippen LogP contribution in [0.2, 0.25) is 5.22 Å². The molecule has 0 spiro atoms. The normalized spacial score (nSPS) is 13.0. The fraction of sp³-hybridized carbons (Fsp3) is 0.333. The van der Waals surface area contributed by atoms with E-state index in [1.165, 1.54) is 0 Å². The molecule has 0 aliphatic heterocycles. The Labute approximate surface area is 92.0 Å². The summed E-state index contributed by atoms with van der Waals surface area (Å²) in [6.07, 6.45) is 1.69. The second-order valence-corrected chi connectivity index (χ2v) is 3.52. The predicted octanol–water partition coefficient (Wildman–Crippen LogP) is 1.37. The lowest BCUT2D eigenvalue weighted by atomic mass is 10.1. The van der Waals surface area contributed by atoms with Crippen LogP contribution in [0.15, 0.2) is 22.7 Å². The van der Waals surface area contributed by atoms with Gasteiger partial charge in [-0.05, 0) is 30.8 Å². The molecule has 15 heavy (non-hydrogen) atoms. The number of nitrogens with zero attached hydrogens (tertiary/aromatic N) is 3. The van der Waals surface area contributed by atoms with Crippen LogP contribution in [-0.2, 0) is 7.05 Å². The van der Waals surface area contributed by atoms with Gasteiger partial charge in [-0.25, -0.2) is 0 Å². The highest BCUT2D eigenvalue weighted by molar-refractivity contribution is 6.28. The van der Waals surface area contributed by atoms with Gasteiger partial charge in [-0.3, -0.25) is 4.68 Å². The molecule has 0 aromatic carbocycles. The fourth-order valence-electron chi connectivity index (χ4n) is 1.48. The molecular formula is C9H11ClN4O. The monoisotopic (exact) mass is 226 g/mol. The molecule has 2 aromatic rings. The van der Waals surface area contributed by atoms with Crippen LogP contribution >= 0.6 is 11.6 Å². The number of aryl methyl sites for hydroxylation is 1. The lowest BCUT2D eigenvalue weighted by Crippen LogP contribution is -2.19. The zero-order valence-electron chi connectivity index (χ0n) is 8.44. The first kappa shape index (κ1) is 10.2. The van der Waals surface area contributed by atoms with Gasteiger partial charge in [0.05, 0.1) is 11.9 Å². The molecule has 0 fully saturated rings. The van der Waals surface area contributed by atoms with Crippen LogP contribution in [0.5, 0.6) is 0 Å². The van der Waals surface area contributed by atoms with Crippen molar-refractivity contribution < 1.29 is 4.42 Å². The summed E-state index contributed by atoms with van der Waals surface area (Å²) in [7, 11) is 3.67. The quantitative estimate of drug-likeness (QED) is 0.859. The topological polar surface area (TPSA) is 55.9 Å². The van der Waals surface area contributed by atoms with Gasteiger partial charge in [0.15, 0.2) is 5.22 Å². The molecule has 2 rings (SSSR count). The zero-order valence-corrected chi connectivity index (χ0v) is 9.19. The van der Waals surface area contributed by atoms with E-state index in [0.29, 0.717) is 5.22 Å². The van der Waals surface area contributed by atoms with Crippen LogP contribution in [0.1, 0.15) is 17.5 Å². The van der Waals surface area contributed by atoms with E-state index in [4.69, 9.17) is 16.0 Å². The number of hydrogen-bond donors (Lipinski definition) is 1. The Balaban J connectivity index is 2.36. The van der Waals surface area contributed by atoms with Crippen molar-refractivity contribution in [2.75, 3.05) is 7.05 Å². The van der Waals surface area contributed by atoms with E-state index in [-0.39, 0.29) is 6.04 Å². The minimum absolute atomic E-state index is 0.0856. The van der Waals surface area contributed by atoms with Gasteiger partial charge >= 0.3 is 0 Å². The summed E-state index contributed by atoms with van der Waals surface area (Å²) < 4.78 is 7.04. The van der Waals surface area contributed by atoms with E-state index in [0.717, 1.165) is 11.5 Å². The van der Waals surface area contributed by atoms with Crippen molar-refractivity contribution in [3.05, 3.63) is 35.0 Å². The number of rotatable bonds is 3. The molecule has 1 N–H and O–H groups in total. The molecule has 0 saturated carbocycles. The highest BCUT2D eigenvalue weighted by Crippen LogP contribution is 2.24. The summed E-state index contributed by atoms with van der Waals surface area (Å²) in [4.78, 5) is 0. The standard InChI is InChI=1S/C9H11ClN4O/c1-11-9(6-5-12-13-14(6)2)7-3-4-8(10)15-7/h3-5,9,11H,1-2H3. The number of furan rings is 1. The Bertz CT molecular complexity index is 450. The van der Waals surface area contributed by atoms with Gasteiger partial charge in [-0.15, -0.1) is 5.10 Å². The third-order valence-electron chi connectivity index (χ3n) is 2.21. The van der Waals surface area contributed by atoms with Crippen LogP contribution in [0.4, 0.5) is 0 Å². The fourth-order valence-corrected chi connectivity index (χ4v) is 1.63. The molecule has 0 aliphatic carbocycles. The molecule has 80 valence electrons. The molecule has 0 radical (unpaired) electrons. The first-order valence-corrected chi connectivity index (χ1v) is 4.87. The van der Waals surface area contributed by atoms with Crippen LogP contribution in [-0.4, -0.2) is 22.0 Å². The van der Waals surface area contributed by atoms with Crippen molar-refractivity contribution in [1.29, 1.82) is 0 Å². The second-order valence-electron chi connectivity index (χ2n) is 3.15. The van der Waals surface area contributed by atoms with Crippen LogP contribution in [0, 0.1) is 0 Å². The maximum absolute atomic E-state index is 5.73. The minimum atomic E-state index is -0.0856. The van der Waals surface area contributed by atoms with E-state index in [1.807, 2.05) is 20.2 Å². The van der Waals surface area contributed by atoms with Crippen molar-refractivity contribution in [3.8, 4) is 0 Å². The van der Waals surface area contributed by atoms with Crippen LogP contribution in [0.3, 0.4) is 0 Å². The van der Waals surface area contributed by atoms with E-state index in [9.17, 15) is 0 Å². The predicted molar refractivity (Wildman–Crippen MR) is 55.6 cm³/mol. The van der Waals surface area contributed by atoms with Gasteiger partial charge in [0, 0.05) is 7.05 Å². The van der Waals surface area contributed by atoms with Gasteiger partial charge < -0.3 is 9.73 Å².